The Morgan fingerprint density at radius 1 is 0.784 bits per heavy atom. The fourth-order valence-corrected chi connectivity index (χ4v) is 6.39. The first-order valence-electron chi connectivity index (χ1n) is 16.7. The Labute approximate surface area is 231 Å². The number of unbranched alkanes of at least 4 members (excludes halogenated alkanes) is 14. The smallest absolute Gasteiger partial charge is 0.310 e. The third kappa shape index (κ3) is 16.2. The summed E-state index contributed by atoms with van der Waals surface area (Å²) in [5.74, 6) is 2.27. The van der Waals surface area contributed by atoms with E-state index < -0.39 is 0 Å². The van der Waals surface area contributed by atoms with Gasteiger partial charge in [-0.05, 0) is 76.9 Å². The molecule has 0 radical (unpaired) electrons. The maximum absolute atomic E-state index is 12.8. The van der Waals surface area contributed by atoms with E-state index >= 15 is 0 Å². The van der Waals surface area contributed by atoms with E-state index in [0.29, 0.717) is 0 Å². The minimum Gasteiger partial charge on any atom is -0.462 e. The molecule has 2 N–H and O–H groups in total. The lowest BCUT2D eigenvalue weighted by Gasteiger charge is -2.20. The molecule has 0 aromatic heterocycles. The van der Waals surface area contributed by atoms with Crippen molar-refractivity contribution < 1.29 is 9.53 Å². The third-order valence-corrected chi connectivity index (χ3v) is 9.09. The maximum Gasteiger partial charge on any atom is 0.310 e. The van der Waals surface area contributed by atoms with Gasteiger partial charge in [-0.1, -0.05) is 110 Å². The zero-order valence-corrected chi connectivity index (χ0v) is 25.0. The molecule has 4 atom stereocenters. The van der Waals surface area contributed by atoms with Crippen LogP contribution in [0.4, 0.5) is 0 Å². The molecule has 4 nitrogen and oxygen atoms in total. The number of rotatable bonds is 25. The Hall–Kier alpha value is -0.610. The van der Waals surface area contributed by atoms with Crippen LogP contribution in [0.1, 0.15) is 155 Å². The molecule has 0 spiro atoms. The normalized spacial score (nSPS) is 22.4. The third-order valence-electron chi connectivity index (χ3n) is 9.09. The summed E-state index contributed by atoms with van der Waals surface area (Å²) in [5, 5.41) is 0. The summed E-state index contributed by atoms with van der Waals surface area (Å²) in [6.07, 6.45) is 30.4. The Bertz CT molecular complexity index is 554. The largest absolute Gasteiger partial charge is 0.462 e. The van der Waals surface area contributed by atoms with Gasteiger partial charge in [0.15, 0.2) is 0 Å². The predicted molar refractivity (Wildman–Crippen MR) is 159 cm³/mol. The number of nitrogens with two attached hydrogens (primary N) is 1. The van der Waals surface area contributed by atoms with Crippen molar-refractivity contribution in [1.29, 1.82) is 0 Å². The van der Waals surface area contributed by atoms with E-state index in [4.69, 9.17) is 10.5 Å². The lowest BCUT2D eigenvalue weighted by Crippen LogP contribution is -2.26. The van der Waals surface area contributed by atoms with E-state index in [1.807, 2.05) is 0 Å². The molecule has 2 aliphatic rings. The maximum atomic E-state index is 12.8. The van der Waals surface area contributed by atoms with Gasteiger partial charge in [-0.2, -0.15) is 0 Å². The van der Waals surface area contributed by atoms with Gasteiger partial charge in [0.2, 0.25) is 0 Å². The van der Waals surface area contributed by atoms with Crippen molar-refractivity contribution in [3.05, 3.63) is 0 Å². The summed E-state index contributed by atoms with van der Waals surface area (Å²) >= 11 is 0. The zero-order chi connectivity index (χ0) is 26.6. The highest BCUT2D eigenvalue weighted by molar-refractivity contribution is 5.73. The standard InChI is InChI=1S/C33H64N2O2/c1-3-4-5-6-7-12-17-22-32(37-33(36)31-24-26-35(2)28-31)23-18-13-8-10-15-20-29-27-30(29)21-16-11-9-14-19-25-34/h29-32H,3-28,34H2,1-2H3. The molecule has 1 saturated carbocycles. The first-order chi connectivity index (χ1) is 18.1. The van der Waals surface area contributed by atoms with Crippen molar-refractivity contribution in [2.45, 2.75) is 161 Å². The van der Waals surface area contributed by atoms with Crippen LogP contribution >= 0.6 is 0 Å². The Morgan fingerprint density at radius 2 is 1.30 bits per heavy atom. The first kappa shape index (κ1) is 32.6. The number of hydrogen-bond donors (Lipinski definition) is 1. The number of carbonyl (C=O) groups excluding carboxylic acids is 1. The molecule has 4 unspecified atom stereocenters. The number of ether oxygens (including phenoxy) is 1. The van der Waals surface area contributed by atoms with Gasteiger partial charge in [0.1, 0.15) is 6.10 Å². The molecule has 0 aromatic carbocycles. The van der Waals surface area contributed by atoms with Gasteiger partial charge in [0.05, 0.1) is 5.92 Å². The number of esters is 1. The summed E-state index contributed by atoms with van der Waals surface area (Å²) in [6, 6.07) is 0. The number of nitrogens with zero attached hydrogens (tertiary/aromatic N) is 1. The van der Waals surface area contributed by atoms with Crippen molar-refractivity contribution in [3.63, 3.8) is 0 Å². The molecule has 1 heterocycles. The molecular formula is C33H64N2O2. The van der Waals surface area contributed by atoms with Gasteiger partial charge >= 0.3 is 5.97 Å². The molecule has 1 saturated heterocycles. The van der Waals surface area contributed by atoms with Gasteiger partial charge in [0, 0.05) is 6.54 Å². The van der Waals surface area contributed by atoms with Gasteiger partial charge in [-0.15, -0.1) is 0 Å². The number of likely N-dealkylation sites (tertiary alicyclic amines) is 1. The van der Waals surface area contributed by atoms with Crippen LogP contribution in [0.5, 0.6) is 0 Å². The molecule has 1 aliphatic carbocycles. The molecule has 4 heteroatoms. The lowest BCUT2D eigenvalue weighted by atomic mass is 10.0. The summed E-state index contributed by atoms with van der Waals surface area (Å²) in [5.41, 5.74) is 5.58. The van der Waals surface area contributed by atoms with Crippen molar-refractivity contribution in [2.75, 3.05) is 26.7 Å². The van der Waals surface area contributed by atoms with Crippen LogP contribution < -0.4 is 5.73 Å². The van der Waals surface area contributed by atoms with Crippen LogP contribution in [0, 0.1) is 17.8 Å². The SMILES string of the molecule is CCCCCCCCCC(CCCCCCCC1CC1CCCCCCCN)OC(=O)C1CCN(C)C1. The van der Waals surface area contributed by atoms with Gasteiger partial charge in [-0.3, -0.25) is 4.79 Å². The van der Waals surface area contributed by atoms with Gasteiger partial charge in [0.25, 0.3) is 0 Å². The van der Waals surface area contributed by atoms with Crippen molar-refractivity contribution in [2.24, 2.45) is 23.5 Å². The molecule has 1 aliphatic heterocycles. The first-order valence-corrected chi connectivity index (χ1v) is 16.7. The number of hydrogen-bond acceptors (Lipinski definition) is 4. The molecule has 2 fully saturated rings. The van der Waals surface area contributed by atoms with E-state index in [2.05, 4.69) is 18.9 Å². The highest BCUT2D eigenvalue weighted by Crippen LogP contribution is 2.45. The zero-order valence-electron chi connectivity index (χ0n) is 25.0. The highest BCUT2D eigenvalue weighted by Gasteiger charge is 2.35. The fraction of sp³-hybridized carbons (Fsp3) is 0.970. The molecule has 2 rings (SSSR count). The monoisotopic (exact) mass is 520 g/mol. The second-order valence-corrected chi connectivity index (χ2v) is 12.7. The molecule has 0 amide bonds. The van der Waals surface area contributed by atoms with E-state index in [9.17, 15) is 4.79 Å². The summed E-state index contributed by atoms with van der Waals surface area (Å²) in [4.78, 5) is 15.0. The van der Waals surface area contributed by atoms with Crippen LogP contribution in [-0.2, 0) is 9.53 Å². The van der Waals surface area contributed by atoms with E-state index in [1.54, 1.807) is 0 Å². The van der Waals surface area contributed by atoms with Crippen LogP contribution in [0.25, 0.3) is 0 Å². The van der Waals surface area contributed by atoms with E-state index in [-0.39, 0.29) is 18.0 Å². The Morgan fingerprint density at radius 3 is 1.81 bits per heavy atom. The van der Waals surface area contributed by atoms with Gasteiger partial charge < -0.3 is 15.4 Å². The van der Waals surface area contributed by atoms with Crippen molar-refractivity contribution in [1.82, 2.24) is 4.90 Å². The summed E-state index contributed by atoms with van der Waals surface area (Å²) < 4.78 is 6.10. The average molecular weight is 521 g/mol. The molecule has 218 valence electrons. The average Bonchev–Trinajstić information content (AvgIpc) is 3.49. The van der Waals surface area contributed by atoms with Crippen LogP contribution in [-0.4, -0.2) is 43.7 Å². The second-order valence-electron chi connectivity index (χ2n) is 12.7. The predicted octanol–water partition coefficient (Wildman–Crippen LogP) is 8.66. The molecule has 37 heavy (non-hydrogen) atoms. The minimum atomic E-state index is 0.0758. The Kier molecular flexibility index (Phi) is 18.7. The Balaban J connectivity index is 1.50. The molecule has 0 aromatic rings. The summed E-state index contributed by atoms with van der Waals surface area (Å²) in [7, 11) is 2.11. The highest BCUT2D eigenvalue weighted by atomic mass is 16.5. The second kappa shape index (κ2) is 21.2. The number of carbonyl (C=O) groups is 1. The molecule has 0 bridgehead atoms. The molecular weight excluding hydrogens is 456 g/mol. The van der Waals surface area contributed by atoms with Crippen LogP contribution in [0.15, 0.2) is 0 Å². The van der Waals surface area contributed by atoms with Crippen molar-refractivity contribution in [3.8, 4) is 0 Å². The minimum absolute atomic E-state index is 0.0758. The lowest BCUT2D eigenvalue weighted by molar-refractivity contribution is -0.154. The van der Waals surface area contributed by atoms with Crippen LogP contribution in [0.3, 0.4) is 0 Å². The topological polar surface area (TPSA) is 55.6 Å². The van der Waals surface area contributed by atoms with Gasteiger partial charge in [-0.25, -0.2) is 0 Å². The van der Waals surface area contributed by atoms with E-state index in [1.165, 1.54) is 128 Å². The van der Waals surface area contributed by atoms with Crippen LogP contribution in [0.2, 0.25) is 0 Å². The quantitative estimate of drug-likeness (QED) is 0.0966. The van der Waals surface area contributed by atoms with E-state index in [0.717, 1.165) is 50.7 Å². The summed E-state index contributed by atoms with van der Waals surface area (Å²) in [6.45, 7) is 5.04. The fourth-order valence-electron chi connectivity index (χ4n) is 6.39. The van der Waals surface area contributed by atoms with Crippen molar-refractivity contribution >= 4 is 5.97 Å².